The molecule has 2 unspecified atom stereocenters. The molecule has 5 nitrogen and oxygen atoms in total. The lowest BCUT2D eigenvalue weighted by Crippen LogP contribution is -2.42. The highest BCUT2D eigenvalue weighted by molar-refractivity contribution is 5.84. The van der Waals surface area contributed by atoms with Crippen LogP contribution in [0.3, 0.4) is 0 Å². The number of hydrogen-bond acceptors (Lipinski definition) is 3. The molecule has 0 N–H and O–H groups in total. The Morgan fingerprint density at radius 2 is 1.77 bits per heavy atom. The van der Waals surface area contributed by atoms with Gasteiger partial charge in [0.05, 0.1) is 13.0 Å². The fourth-order valence-electron chi connectivity index (χ4n) is 4.73. The van der Waals surface area contributed by atoms with Gasteiger partial charge in [0.25, 0.3) is 0 Å². The van der Waals surface area contributed by atoms with Crippen LogP contribution in [0.5, 0.6) is 5.75 Å². The lowest BCUT2D eigenvalue weighted by atomic mass is 9.87. The summed E-state index contributed by atoms with van der Waals surface area (Å²) in [7, 11) is 1.65. The Morgan fingerprint density at radius 3 is 2.50 bits per heavy atom. The fourth-order valence-corrected chi connectivity index (χ4v) is 4.73. The first kappa shape index (κ1) is 20.5. The lowest BCUT2D eigenvalue weighted by Gasteiger charge is -2.32. The van der Waals surface area contributed by atoms with E-state index in [1.165, 1.54) is 11.1 Å². The van der Waals surface area contributed by atoms with Crippen LogP contribution in [-0.4, -0.2) is 48.4 Å². The minimum Gasteiger partial charge on any atom is -0.497 e. The average molecular weight is 407 g/mol. The number of methoxy groups -OCH3 is 1. The molecule has 0 bridgehead atoms. The van der Waals surface area contributed by atoms with Gasteiger partial charge in [0.15, 0.2) is 0 Å². The van der Waals surface area contributed by atoms with E-state index < -0.39 is 0 Å². The maximum Gasteiger partial charge on any atom is 0.228 e. The predicted octanol–water partition coefficient (Wildman–Crippen LogP) is 3.48. The third kappa shape index (κ3) is 3.93. The Kier molecular flexibility index (Phi) is 5.80. The summed E-state index contributed by atoms with van der Waals surface area (Å²) < 4.78 is 5.40. The second kappa shape index (κ2) is 8.50. The molecule has 5 heteroatoms. The first-order valence-electron chi connectivity index (χ1n) is 10.8. The Morgan fingerprint density at radius 1 is 1.00 bits per heavy atom. The highest BCUT2D eigenvalue weighted by Crippen LogP contribution is 2.36. The molecule has 0 radical (unpaired) electrons. The number of carbonyl (C=O) groups excluding carboxylic acids is 2. The van der Waals surface area contributed by atoms with Crippen LogP contribution in [-0.2, 0) is 22.6 Å². The largest absolute Gasteiger partial charge is 0.497 e. The van der Waals surface area contributed by atoms with Crippen LogP contribution < -0.4 is 4.74 Å². The smallest absolute Gasteiger partial charge is 0.228 e. The van der Waals surface area contributed by atoms with Gasteiger partial charge in [-0.25, -0.2) is 0 Å². The van der Waals surface area contributed by atoms with Gasteiger partial charge >= 0.3 is 0 Å². The third-order valence-electron chi connectivity index (χ3n) is 6.41. The first-order chi connectivity index (χ1) is 14.5. The number of fused-ring (bicyclic) bond motifs is 1. The molecule has 30 heavy (non-hydrogen) atoms. The number of carbonyl (C=O) groups is 2. The van der Waals surface area contributed by atoms with Gasteiger partial charge in [0.1, 0.15) is 5.75 Å². The van der Waals surface area contributed by atoms with Crippen molar-refractivity contribution < 1.29 is 14.3 Å². The molecule has 4 rings (SSSR count). The average Bonchev–Trinajstić information content (AvgIpc) is 3.23. The Labute approximate surface area is 178 Å². The number of hydrogen-bond donors (Lipinski definition) is 0. The van der Waals surface area contributed by atoms with E-state index in [-0.39, 0.29) is 29.6 Å². The van der Waals surface area contributed by atoms with E-state index in [0.717, 1.165) is 24.3 Å². The molecule has 2 atom stereocenters. The Hall–Kier alpha value is -2.82. The van der Waals surface area contributed by atoms with Crippen molar-refractivity contribution in [2.24, 2.45) is 11.8 Å². The highest BCUT2D eigenvalue weighted by Gasteiger charge is 2.42. The van der Waals surface area contributed by atoms with E-state index in [0.29, 0.717) is 19.6 Å². The van der Waals surface area contributed by atoms with Gasteiger partial charge in [-0.1, -0.05) is 50.2 Å². The van der Waals surface area contributed by atoms with Crippen LogP contribution in [0.1, 0.15) is 36.5 Å². The van der Waals surface area contributed by atoms with E-state index in [1.807, 2.05) is 54.0 Å². The van der Waals surface area contributed by atoms with Crippen molar-refractivity contribution in [3.05, 3.63) is 65.2 Å². The molecule has 2 aliphatic heterocycles. The zero-order valence-electron chi connectivity index (χ0n) is 18.0. The quantitative estimate of drug-likeness (QED) is 0.781. The molecule has 0 aromatic heterocycles. The molecular weight excluding hydrogens is 376 g/mol. The maximum atomic E-state index is 13.6. The molecule has 158 valence electrons. The molecule has 2 amide bonds. The van der Waals surface area contributed by atoms with E-state index in [2.05, 4.69) is 18.2 Å². The second-order valence-electron chi connectivity index (χ2n) is 8.67. The maximum absolute atomic E-state index is 13.6. The normalized spacial score (nSPS) is 20.9. The van der Waals surface area contributed by atoms with Crippen LogP contribution in [0, 0.1) is 11.8 Å². The van der Waals surface area contributed by atoms with Gasteiger partial charge in [0.2, 0.25) is 11.8 Å². The molecule has 0 spiro atoms. The third-order valence-corrected chi connectivity index (χ3v) is 6.41. The first-order valence-corrected chi connectivity index (χ1v) is 10.8. The molecule has 0 aliphatic carbocycles. The van der Waals surface area contributed by atoms with Crippen LogP contribution in [0.15, 0.2) is 48.5 Å². The number of benzene rings is 2. The highest BCUT2D eigenvalue weighted by atomic mass is 16.5. The summed E-state index contributed by atoms with van der Waals surface area (Å²) in [6.07, 6.45) is 0.882. The second-order valence-corrected chi connectivity index (χ2v) is 8.67. The summed E-state index contributed by atoms with van der Waals surface area (Å²) in [5.74, 6) is 0.710. The van der Waals surface area contributed by atoms with Gasteiger partial charge in [0, 0.05) is 38.0 Å². The molecule has 0 saturated carbocycles. The molecular formula is C25H30N2O3. The van der Waals surface area contributed by atoms with Gasteiger partial charge in [-0.2, -0.15) is 0 Å². The molecule has 2 aliphatic rings. The molecule has 2 heterocycles. The number of ether oxygens (including phenoxy) is 1. The van der Waals surface area contributed by atoms with Crippen molar-refractivity contribution in [1.29, 1.82) is 0 Å². The Bertz CT molecular complexity index is 939. The summed E-state index contributed by atoms with van der Waals surface area (Å²) in [5.41, 5.74) is 3.61. The molecule has 2 aromatic rings. The zero-order valence-corrected chi connectivity index (χ0v) is 18.0. The summed E-state index contributed by atoms with van der Waals surface area (Å²) in [4.78, 5) is 30.2. The topological polar surface area (TPSA) is 49.9 Å². The molecule has 2 aromatic carbocycles. The van der Waals surface area contributed by atoms with Crippen molar-refractivity contribution in [2.75, 3.05) is 26.7 Å². The number of nitrogens with zero attached hydrogens (tertiary/aromatic N) is 2. The van der Waals surface area contributed by atoms with Crippen molar-refractivity contribution in [3.8, 4) is 5.75 Å². The molecule has 1 fully saturated rings. The van der Waals surface area contributed by atoms with Gasteiger partial charge in [-0.15, -0.1) is 0 Å². The van der Waals surface area contributed by atoms with Crippen LogP contribution in [0.2, 0.25) is 0 Å². The standard InChI is InChI=1S/C25H30N2O3/c1-17(2)24(28)27-15-22(19-9-6-10-21(13-19)30-3)23(16-27)25(29)26-12-11-18-7-4-5-8-20(18)14-26/h4-10,13,17,22-23H,11-12,14-16H2,1-3H3. The number of rotatable bonds is 4. The van der Waals surface area contributed by atoms with Gasteiger partial charge in [-0.05, 0) is 35.2 Å². The summed E-state index contributed by atoms with van der Waals surface area (Å²) >= 11 is 0. The zero-order chi connectivity index (χ0) is 21.3. The SMILES string of the molecule is COc1cccc(C2CN(C(=O)C(C)C)CC2C(=O)N2CCc3ccccc3C2)c1. The van der Waals surface area contributed by atoms with Gasteiger partial charge in [-0.3, -0.25) is 9.59 Å². The summed E-state index contributed by atoms with van der Waals surface area (Å²) in [5, 5.41) is 0. The van der Waals surface area contributed by atoms with E-state index >= 15 is 0 Å². The van der Waals surface area contributed by atoms with Crippen molar-refractivity contribution in [2.45, 2.75) is 32.7 Å². The monoisotopic (exact) mass is 406 g/mol. The predicted molar refractivity (Wildman–Crippen MR) is 116 cm³/mol. The van der Waals surface area contributed by atoms with Crippen molar-refractivity contribution >= 4 is 11.8 Å². The minimum atomic E-state index is -0.231. The van der Waals surface area contributed by atoms with Crippen LogP contribution >= 0.6 is 0 Å². The summed E-state index contributed by atoms with van der Waals surface area (Å²) in [6.45, 7) is 6.27. The van der Waals surface area contributed by atoms with Crippen LogP contribution in [0.4, 0.5) is 0 Å². The Balaban J connectivity index is 1.61. The number of amides is 2. The summed E-state index contributed by atoms with van der Waals surface area (Å²) in [6, 6.07) is 16.3. The van der Waals surface area contributed by atoms with Gasteiger partial charge < -0.3 is 14.5 Å². The van der Waals surface area contributed by atoms with E-state index in [4.69, 9.17) is 4.74 Å². The van der Waals surface area contributed by atoms with Crippen molar-refractivity contribution in [3.63, 3.8) is 0 Å². The van der Waals surface area contributed by atoms with E-state index in [1.54, 1.807) is 7.11 Å². The van der Waals surface area contributed by atoms with Crippen molar-refractivity contribution in [1.82, 2.24) is 9.80 Å². The lowest BCUT2D eigenvalue weighted by molar-refractivity contribution is -0.137. The van der Waals surface area contributed by atoms with Crippen LogP contribution in [0.25, 0.3) is 0 Å². The minimum absolute atomic E-state index is 0.0209. The number of likely N-dealkylation sites (tertiary alicyclic amines) is 1. The van der Waals surface area contributed by atoms with E-state index in [9.17, 15) is 9.59 Å². The fraction of sp³-hybridized carbons (Fsp3) is 0.440. The molecule has 1 saturated heterocycles.